The quantitative estimate of drug-likeness (QED) is 0.491. The molecule has 0 fully saturated rings. The van der Waals surface area contributed by atoms with Crippen molar-refractivity contribution in [3.8, 4) is 0 Å². The molecule has 10 heavy (non-hydrogen) atoms. The molecule has 0 aromatic rings. The highest BCUT2D eigenvalue weighted by Gasteiger charge is 1.94. The average molecular weight is 161 g/mol. The van der Waals surface area contributed by atoms with Gasteiger partial charge in [-0.3, -0.25) is 4.72 Å². The number of rotatable bonds is 5. The van der Waals surface area contributed by atoms with E-state index < -0.39 is 0 Å². The molecule has 0 aromatic heterocycles. The number of hydrogen-bond acceptors (Lipinski definition) is 2. The molecule has 0 spiro atoms. The van der Waals surface area contributed by atoms with Crippen molar-refractivity contribution in [2.24, 2.45) is 11.8 Å². The molecule has 0 aliphatic carbocycles. The van der Waals surface area contributed by atoms with Crippen LogP contribution in [0.3, 0.4) is 0 Å². The highest BCUT2D eigenvalue weighted by molar-refractivity contribution is 7.97. The molecule has 1 N–H and O–H groups in total. The Morgan fingerprint density at radius 3 is 2.10 bits per heavy atom. The highest BCUT2D eigenvalue weighted by Crippen LogP contribution is 2.03. The lowest BCUT2D eigenvalue weighted by atomic mass is 10.2. The highest BCUT2D eigenvalue weighted by atomic mass is 32.2. The fourth-order valence-electron chi connectivity index (χ4n) is 0.451. The second-order valence-electron chi connectivity index (χ2n) is 3.45. The van der Waals surface area contributed by atoms with E-state index in [1.165, 1.54) is 5.75 Å². The standard InChI is InChI=1S/C8H19NS/c1-7(2)5-9-10-6-8(3)4/h7-9H,5-6H2,1-4H3. The van der Waals surface area contributed by atoms with E-state index in [0.717, 1.165) is 18.4 Å². The van der Waals surface area contributed by atoms with Gasteiger partial charge in [-0.25, -0.2) is 0 Å². The molecule has 0 radical (unpaired) electrons. The van der Waals surface area contributed by atoms with Crippen molar-refractivity contribution < 1.29 is 0 Å². The number of hydrogen-bond donors (Lipinski definition) is 1. The normalized spacial score (nSPS) is 11.4. The molecule has 0 bridgehead atoms. The molecule has 0 saturated heterocycles. The van der Waals surface area contributed by atoms with Gasteiger partial charge in [0.15, 0.2) is 0 Å². The molecule has 1 nitrogen and oxygen atoms in total. The molecule has 0 aliphatic heterocycles. The summed E-state index contributed by atoms with van der Waals surface area (Å²) >= 11 is 1.84. The first-order chi connectivity index (χ1) is 4.63. The van der Waals surface area contributed by atoms with Crippen molar-refractivity contribution in [1.29, 1.82) is 0 Å². The van der Waals surface area contributed by atoms with Crippen molar-refractivity contribution in [3.05, 3.63) is 0 Å². The van der Waals surface area contributed by atoms with E-state index in [0.29, 0.717) is 0 Å². The third-order valence-electron chi connectivity index (χ3n) is 1.01. The molecule has 0 unspecified atom stereocenters. The van der Waals surface area contributed by atoms with Gasteiger partial charge in [-0.15, -0.1) is 0 Å². The van der Waals surface area contributed by atoms with Crippen LogP contribution in [0.1, 0.15) is 27.7 Å². The summed E-state index contributed by atoms with van der Waals surface area (Å²) in [5, 5.41) is 0. The topological polar surface area (TPSA) is 12.0 Å². The van der Waals surface area contributed by atoms with Gasteiger partial charge < -0.3 is 0 Å². The van der Waals surface area contributed by atoms with Gasteiger partial charge in [0.1, 0.15) is 0 Å². The maximum Gasteiger partial charge on any atom is 0.0102 e. The second-order valence-corrected chi connectivity index (χ2v) is 4.36. The lowest BCUT2D eigenvalue weighted by Crippen LogP contribution is -2.13. The van der Waals surface area contributed by atoms with Crippen molar-refractivity contribution >= 4 is 11.9 Å². The van der Waals surface area contributed by atoms with Crippen LogP contribution in [0.4, 0.5) is 0 Å². The SMILES string of the molecule is CC(C)CNSCC(C)C. The number of nitrogens with one attached hydrogen (secondary N) is 1. The van der Waals surface area contributed by atoms with Crippen LogP contribution in [0, 0.1) is 11.8 Å². The largest absolute Gasteiger partial charge is 0.264 e. The van der Waals surface area contributed by atoms with Gasteiger partial charge in [0.25, 0.3) is 0 Å². The van der Waals surface area contributed by atoms with Crippen LogP contribution >= 0.6 is 11.9 Å². The summed E-state index contributed by atoms with van der Waals surface area (Å²) in [6.45, 7) is 10.1. The minimum atomic E-state index is 0.764. The van der Waals surface area contributed by atoms with Gasteiger partial charge in [0.2, 0.25) is 0 Å². The zero-order valence-electron chi connectivity index (χ0n) is 7.48. The summed E-state index contributed by atoms with van der Waals surface area (Å²) < 4.78 is 3.33. The summed E-state index contributed by atoms with van der Waals surface area (Å²) in [5.74, 6) is 2.77. The smallest absolute Gasteiger partial charge is 0.0102 e. The predicted octanol–water partition coefficient (Wildman–Crippen LogP) is 2.54. The van der Waals surface area contributed by atoms with Crippen LogP contribution in [-0.4, -0.2) is 12.3 Å². The molecular weight excluding hydrogens is 142 g/mol. The Morgan fingerprint density at radius 2 is 1.70 bits per heavy atom. The summed E-state index contributed by atoms with van der Waals surface area (Å²) in [7, 11) is 0. The lowest BCUT2D eigenvalue weighted by molar-refractivity contribution is 0.638. The summed E-state index contributed by atoms with van der Waals surface area (Å²) in [5.41, 5.74) is 0. The summed E-state index contributed by atoms with van der Waals surface area (Å²) in [4.78, 5) is 0. The van der Waals surface area contributed by atoms with Gasteiger partial charge in [-0.2, -0.15) is 0 Å². The lowest BCUT2D eigenvalue weighted by Gasteiger charge is -2.07. The minimum absolute atomic E-state index is 0.764. The van der Waals surface area contributed by atoms with E-state index >= 15 is 0 Å². The molecule has 0 aliphatic rings. The van der Waals surface area contributed by atoms with Crippen LogP contribution in [0.15, 0.2) is 0 Å². The first-order valence-electron chi connectivity index (χ1n) is 3.97. The van der Waals surface area contributed by atoms with Gasteiger partial charge in [0.05, 0.1) is 0 Å². The van der Waals surface area contributed by atoms with E-state index in [-0.39, 0.29) is 0 Å². The van der Waals surface area contributed by atoms with Crippen molar-refractivity contribution in [3.63, 3.8) is 0 Å². The Hall–Kier alpha value is 0.310. The third-order valence-corrected chi connectivity index (χ3v) is 2.21. The maximum absolute atomic E-state index is 3.33. The van der Waals surface area contributed by atoms with Gasteiger partial charge in [-0.1, -0.05) is 39.6 Å². The predicted molar refractivity (Wildman–Crippen MR) is 50.1 cm³/mol. The molecular formula is C8H19NS. The average Bonchev–Trinajstić information content (AvgIpc) is 1.79. The molecule has 0 rings (SSSR count). The first-order valence-corrected chi connectivity index (χ1v) is 4.96. The van der Waals surface area contributed by atoms with Crippen molar-refractivity contribution in [2.45, 2.75) is 27.7 Å². The second kappa shape index (κ2) is 6.05. The Labute approximate surface area is 69.1 Å². The summed E-state index contributed by atoms with van der Waals surface area (Å²) in [6.07, 6.45) is 0. The van der Waals surface area contributed by atoms with E-state index in [1.807, 2.05) is 11.9 Å². The van der Waals surface area contributed by atoms with Gasteiger partial charge in [0, 0.05) is 12.3 Å². The fourth-order valence-corrected chi connectivity index (χ4v) is 1.35. The molecule has 62 valence electrons. The molecule has 0 saturated carbocycles. The Bertz CT molecular complexity index is 61.7. The molecule has 0 heterocycles. The minimum Gasteiger partial charge on any atom is -0.264 e. The third kappa shape index (κ3) is 8.31. The van der Waals surface area contributed by atoms with Crippen LogP contribution in [0.5, 0.6) is 0 Å². The van der Waals surface area contributed by atoms with Gasteiger partial charge in [-0.05, 0) is 11.8 Å². The van der Waals surface area contributed by atoms with Crippen LogP contribution < -0.4 is 4.72 Å². The van der Waals surface area contributed by atoms with Crippen LogP contribution in [0.25, 0.3) is 0 Å². The molecule has 0 amide bonds. The van der Waals surface area contributed by atoms with Gasteiger partial charge >= 0.3 is 0 Å². The maximum atomic E-state index is 3.33. The summed E-state index contributed by atoms with van der Waals surface area (Å²) in [6, 6.07) is 0. The zero-order chi connectivity index (χ0) is 7.98. The molecule has 0 atom stereocenters. The van der Waals surface area contributed by atoms with E-state index in [1.54, 1.807) is 0 Å². The Kier molecular flexibility index (Phi) is 6.24. The Morgan fingerprint density at radius 1 is 1.10 bits per heavy atom. The first kappa shape index (κ1) is 10.3. The van der Waals surface area contributed by atoms with E-state index in [2.05, 4.69) is 32.4 Å². The van der Waals surface area contributed by atoms with Crippen molar-refractivity contribution in [2.75, 3.05) is 12.3 Å². The zero-order valence-corrected chi connectivity index (χ0v) is 8.29. The molecule has 0 aromatic carbocycles. The Balaban J connectivity index is 2.91. The molecule has 2 heteroatoms. The van der Waals surface area contributed by atoms with Crippen molar-refractivity contribution in [1.82, 2.24) is 4.72 Å². The van der Waals surface area contributed by atoms with E-state index in [9.17, 15) is 0 Å². The van der Waals surface area contributed by atoms with Crippen LogP contribution in [-0.2, 0) is 0 Å². The van der Waals surface area contributed by atoms with E-state index in [4.69, 9.17) is 0 Å². The monoisotopic (exact) mass is 161 g/mol. The fraction of sp³-hybridized carbons (Fsp3) is 1.00. The van der Waals surface area contributed by atoms with Crippen LogP contribution in [0.2, 0.25) is 0 Å².